The van der Waals surface area contributed by atoms with E-state index in [1.54, 1.807) is 12.1 Å². The molecule has 0 saturated heterocycles. The first-order chi connectivity index (χ1) is 8.95. The van der Waals surface area contributed by atoms with Gasteiger partial charge in [-0.3, -0.25) is 0 Å². The van der Waals surface area contributed by atoms with Gasteiger partial charge in [-0.2, -0.15) is 5.26 Å². The van der Waals surface area contributed by atoms with Crippen molar-refractivity contribution in [3.8, 4) is 6.07 Å². The molecule has 0 saturated carbocycles. The topological polar surface area (TPSA) is 39.1 Å². The Morgan fingerprint density at radius 2 is 2.05 bits per heavy atom. The molecule has 0 aliphatic carbocycles. The van der Waals surface area contributed by atoms with Crippen LogP contribution in [0.15, 0.2) is 18.2 Å². The molecule has 104 valence electrons. The summed E-state index contributed by atoms with van der Waals surface area (Å²) in [7, 11) is 4.04. The molecule has 1 aromatic carbocycles. The van der Waals surface area contributed by atoms with E-state index in [0.29, 0.717) is 24.1 Å². The first kappa shape index (κ1) is 15.6. The number of hydrogen-bond acceptors (Lipinski definition) is 3. The van der Waals surface area contributed by atoms with Crippen molar-refractivity contribution in [2.45, 2.75) is 26.4 Å². The highest BCUT2D eigenvalue weighted by Crippen LogP contribution is 2.13. The van der Waals surface area contributed by atoms with Crippen LogP contribution in [0.1, 0.15) is 25.0 Å². The van der Waals surface area contributed by atoms with Crippen molar-refractivity contribution >= 4 is 0 Å². The lowest BCUT2D eigenvalue weighted by molar-refractivity contribution is 0.287. The molecule has 0 spiro atoms. The standard InChI is InChI=1S/C15H22FN3/c1-11(2)14(10-19(3)4)18-9-13-7-5-6-12(8-17)15(13)16/h5-7,11,14,18H,9-10H2,1-4H3. The fourth-order valence-corrected chi connectivity index (χ4v) is 1.95. The molecule has 1 rings (SSSR count). The van der Waals surface area contributed by atoms with Crippen molar-refractivity contribution in [1.82, 2.24) is 10.2 Å². The van der Waals surface area contributed by atoms with Crippen LogP contribution in [0, 0.1) is 23.1 Å². The molecule has 0 aliphatic rings. The summed E-state index contributed by atoms with van der Waals surface area (Å²) in [5, 5.41) is 12.2. The van der Waals surface area contributed by atoms with Crippen LogP contribution in [-0.4, -0.2) is 31.6 Å². The van der Waals surface area contributed by atoms with Crippen molar-refractivity contribution in [3.05, 3.63) is 35.1 Å². The van der Waals surface area contributed by atoms with E-state index in [9.17, 15) is 4.39 Å². The van der Waals surface area contributed by atoms with Gasteiger partial charge in [-0.05, 0) is 26.1 Å². The number of likely N-dealkylation sites (N-methyl/N-ethyl adjacent to an activating group) is 1. The molecule has 1 N–H and O–H groups in total. The molecular weight excluding hydrogens is 241 g/mol. The monoisotopic (exact) mass is 263 g/mol. The van der Waals surface area contributed by atoms with Crippen molar-refractivity contribution in [3.63, 3.8) is 0 Å². The highest BCUT2D eigenvalue weighted by atomic mass is 19.1. The van der Waals surface area contributed by atoms with Gasteiger partial charge in [0.15, 0.2) is 0 Å². The van der Waals surface area contributed by atoms with Gasteiger partial charge in [-0.1, -0.05) is 26.0 Å². The Morgan fingerprint density at radius 3 is 2.58 bits per heavy atom. The lowest BCUT2D eigenvalue weighted by Crippen LogP contribution is -2.41. The normalized spacial score (nSPS) is 12.7. The van der Waals surface area contributed by atoms with Crippen molar-refractivity contribution in [1.29, 1.82) is 5.26 Å². The third kappa shape index (κ3) is 4.62. The Bertz CT molecular complexity index is 449. The van der Waals surface area contributed by atoms with Gasteiger partial charge in [0.1, 0.15) is 11.9 Å². The van der Waals surface area contributed by atoms with E-state index in [2.05, 4.69) is 24.1 Å². The zero-order valence-corrected chi connectivity index (χ0v) is 12.1. The second-order valence-corrected chi connectivity index (χ2v) is 5.38. The molecule has 1 atom stereocenters. The van der Waals surface area contributed by atoms with Gasteiger partial charge in [0, 0.05) is 24.7 Å². The van der Waals surface area contributed by atoms with Gasteiger partial charge in [0.2, 0.25) is 0 Å². The summed E-state index contributed by atoms with van der Waals surface area (Å²) in [6.07, 6.45) is 0. The molecule has 0 amide bonds. The molecule has 0 bridgehead atoms. The maximum absolute atomic E-state index is 13.9. The molecule has 1 unspecified atom stereocenters. The third-order valence-corrected chi connectivity index (χ3v) is 3.12. The summed E-state index contributed by atoms with van der Waals surface area (Å²) >= 11 is 0. The average Bonchev–Trinajstić information content (AvgIpc) is 2.35. The molecule has 3 nitrogen and oxygen atoms in total. The van der Waals surface area contributed by atoms with Crippen LogP contribution in [0.2, 0.25) is 0 Å². The van der Waals surface area contributed by atoms with E-state index in [0.717, 1.165) is 6.54 Å². The fourth-order valence-electron chi connectivity index (χ4n) is 1.95. The predicted molar refractivity (Wildman–Crippen MR) is 75.1 cm³/mol. The van der Waals surface area contributed by atoms with Crippen LogP contribution in [-0.2, 0) is 6.54 Å². The van der Waals surface area contributed by atoms with Gasteiger partial charge in [-0.15, -0.1) is 0 Å². The largest absolute Gasteiger partial charge is 0.308 e. The first-order valence-electron chi connectivity index (χ1n) is 6.51. The Kier molecular flexibility index (Phi) is 5.94. The quantitative estimate of drug-likeness (QED) is 0.856. The van der Waals surface area contributed by atoms with E-state index in [1.807, 2.05) is 20.2 Å². The highest BCUT2D eigenvalue weighted by molar-refractivity contribution is 5.34. The number of rotatable bonds is 6. The van der Waals surface area contributed by atoms with Crippen molar-refractivity contribution in [2.24, 2.45) is 5.92 Å². The van der Waals surface area contributed by atoms with Gasteiger partial charge >= 0.3 is 0 Å². The van der Waals surface area contributed by atoms with Gasteiger partial charge in [-0.25, -0.2) is 4.39 Å². The minimum absolute atomic E-state index is 0.105. The maximum Gasteiger partial charge on any atom is 0.145 e. The van der Waals surface area contributed by atoms with E-state index in [-0.39, 0.29) is 5.56 Å². The van der Waals surface area contributed by atoms with E-state index < -0.39 is 5.82 Å². The van der Waals surface area contributed by atoms with Gasteiger partial charge in [0.05, 0.1) is 5.56 Å². The first-order valence-corrected chi connectivity index (χ1v) is 6.51. The Hall–Kier alpha value is -1.44. The molecule has 0 heterocycles. The number of halogens is 1. The summed E-state index contributed by atoms with van der Waals surface area (Å²) in [5.41, 5.74) is 0.650. The lowest BCUT2D eigenvalue weighted by Gasteiger charge is -2.26. The average molecular weight is 263 g/mol. The predicted octanol–water partition coefficient (Wildman–Crippen LogP) is 2.37. The molecule has 0 fully saturated rings. The van der Waals surface area contributed by atoms with E-state index in [1.165, 1.54) is 6.07 Å². The molecule has 0 radical (unpaired) electrons. The Morgan fingerprint density at radius 1 is 1.37 bits per heavy atom. The minimum Gasteiger partial charge on any atom is -0.308 e. The minimum atomic E-state index is -0.412. The molecule has 0 aliphatic heterocycles. The van der Waals surface area contributed by atoms with Crippen LogP contribution < -0.4 is 5.32 Å². The smallest absolute Gasteiger partial charge is 0.145 e. The zero-order valence-electron chi connectivity index (χ0n) is 12.1. The van der Waals surface area contributed by atoms with E-state index in [4.69, 9.17) is 5.26 Å². The number of nitriles is 1. The lowest BCUT2D eigenvalue weighted by atomic mass is 10.0. The molecular formula is C15H22FN3. The van der Waals surface area contributed by atoms with Crippen LogP contribution in [0.25, 0.3) is 0 Å². The maximum atomic E-state index is 13.9. The SMILES string of the molecule is CC(C)C(CN(C)C)NCc1cccc(C#N)c1F. The zero-order chi connectivity index (χ0) is 14.4. The number of nitrogens with zero attached hydrogens (tertiary/aromatic N) is 2. The number of nitrogens with one attached hydrogen (secondary N) is 1. The summed E-state index contributed by atoms with van der Waals surface area (Å²) in [5.74, 6) is 0.0504. The van der Waals surface area contributed by atoms with Crippen molar-refractivity contribution in [2.75, 3.05) is 20.6 Å². The highest BCUT2D eigenvalue weighted by Gasteiger charge is 2.15. The van der Waals surface area contributed by atoms with Gasteiger partial charge < -0.3 is 10.2 Å². The van der Waals surface area contributed by atoms with E-state index >= 15 is 0 Å². The molecule has 0 aromatic heterocycles. The summed E-state index contributed by atoms with van der Waals surface area (Å²) in [6.45, 7) is 5.63. The van der Waals surface area contributed by atoms with Gasteiger partial charge in [0.25, 0.3) is 0 Å². The summed E-state index contributed by atoms with van der Waals surface area (Å²) < 4.78 is 13.9. The second-order valence-electron chi connectivity index (χ2n) is 5.38. The van der Waals surface area contributed by atoms with Crippen LogP contribution >= 0.6 is 0 Å². The summed E-state index contributed by atoms with van der Waals surface area (Å²) in [6, 6.07) is 7.09. The number of benzene rings is 1. The Balaban J connectivity index is 2.72. The number of hydrogen-bond donors (Lipinski definition) is 1. The third-order valence-electron chi connectivity index (χ3n) is 3.12. The van der Waals surface area contributed by atoms with Crippen LogP contribution in [0.4, 0.5) is 4.39 Å². The second kappa shape index (κ2) is 7.22. The van der Waals surface area contributed by atoms with Crippen molar-refractivity contribution < 1.29 is 4.39 Å². The van der Waals surface area contributed by atoms with Crippen LogP contribution in [0.3, 0.4) is 0 Å². The summed E-state index contributed by atoms with van der Waals surface area (Å²) in [4.78, 5) is 2.11. The van der Waals surface area contributed by atoms with Crippen LogP contribution in [0.5, 0.6) is 0 Å². The Labute approximate surface area is 115 Å². The molecule has 19 heavy (non-hydrogen) atoms. The molecule has 4 heteroatoms. The fraction of sp³-hybridized carbons (Fsp3) is 0.533. The molecule has 1 aromatic rings.